The molecule has 4 heteroatoms. The molecule has 0 saturated heterocycles. The van der Waals surface area contributed by atoms with Gasteiger partial charge in [-0.2, -0.15) is 0 Å². The van der Waals surface area contributed by atoms with Crippen LogP contribution < -0.4 is 10.9 Å². The fraction of sp³-hybridized carbons (Fsp3) is 0.250. The van der Waals surface area contributed by atoms with Crippen molar-refractivity contribution in [3.05, 3.63) is 33.2 Å². The molecule has 1 aliphatic heterocycles. The Bertz CT molecular complexity index is 406. The van der Waals surface area contributed by atoms with Gasteiger partial charge in [-0.1, -0.05) is 0 Å². The lowest BCUT2D eigenvalue weighted by Gasteiger charge is -1.95. The third-order valence-corrected chi connectivity index (χ3v) is 1.94. The van der Waals surface area contributed by atoms with Gasteiger partial charge in [-0.25, -0.2) is 0 Å². The Morgan fingerprint density at radius 3 is 2.92 bits per heavy atom. The number of amides is 1. The maximum Gasteiger partial charge on any atom is 0.253 e. The predicted octanol–water partition coefficient (Wildman–Crippen LogP) is -0.0733. The molecule has 2 heterocycles. The van der Waals surface area contributed by atoms with Crippen molar-refractivity contribution >= 4 is 5.91 Å². The smallest absolute Gasteiger partial charge is 0.253 e. The average molecular weight is 164 g/mol. The summed E-state index contributed by atoms with van der Waals surface area (Å²) in [5, 5.41) is 2.59. The Hall–Kier alpha value is -1.58. The van der Waals surface area contributed by atoms with E-state index in [1.165, 1.54) is 0 Å². The Morgan fingerprint density at radius 1 is 1.42 bits per heavy atom. The molecule has 1 amide bonds. The monoisotopic (exact) mass is 164 g/mol. The summed E-state index contributed by atoms with van der Waals surface area (Å²) in [7, 11) is 0. The largest absolute Gasteiger partial charge is 0.348 e. The molecular formula is C8H8N2O2. The highest BCUT2D eigenvalue weighted by Gasteiger charge is 2.21. The van der Waals surface area contributed by atoms with E-state index in [9.17, 15) is 9.59 Å². The lowest BCUT2D eigenvalue weighted by atomic mass is 10.1. The first kappa shape index (κ1) is 7.09. The van der Waals surface area contributed by atoms with Crippen LogP contribution in [0.25, 0.3) is 0 Å². The Labute approximate surface area is 68.6 Å². The first-order valence-electron chi connectivity index (χ1n) is 3.69. The third-order valence-electron chi connectivity index (χ3n) is 1.94. The SMILES string of the molecule is Cc1cc2c(c(=O)[nH]1)CNC2=O. The number of aryl methyl sites for hydroxylation is 1. The van der Waals surface area contributed by atoms with Crippen LogP contribution in [-0.4, -0.2) is 10.9 Å². The van der Waals surface area contributed by atoms with Crippen molar-refractivity contribution < 1.29 is 4.79 Å². The van der Waals surface area contributed by atoms with E-state index in [0.717, 1.165) is 5.69 Å². The molecule has 1 aromatic rings. The molecular weight excluding hydrogens is 156 g/mol. The van der Waals surface area contributed by atoms with Crippen molar-refractivity contribution in [3.63, 3.8) is 0 Å². The normalized spacial score (nSPS) is 14.2. The summed E-state index contributed by atoms with van der Waals surface area (Å²) in [6, 6.07) is 1.69. The van der Waals surface area contributed by atoms with E-state index in [4.69, 9.17) is 0 Å². The molecule has 2 rings (SSSR count). The summed E-state index contributed by atoms with van der Waals surface area (Å²) in [4.78, 5) is 25.0. The zero-order valence-corrected chi connectivity index (χ0v) is 6.60. The molecule has 0 aliphatic carbocycles. The number of aromatic amines is 1. The lowest BCUT2D eigenvalue weighted by Crippen LogP contribution is -2.13. The quantitative estimate of drug-likeness (QED) is 0.563. The van der Waals surface area contributed by atoms with E-state index in [1.54, 1.807) is 13.0 Å². The van der Waals surface area contributed by atoms with Gasteiger partial charge in [0.15, 0.2) is 0 Å². The predicted molar refractivity (Wildman–Crippen MR) is 43.0 cm³/mol. The minimum Gasteiger partial charge on any atom is -0.348 e. The zero-order chi connectivity index (χ0) is 8.72. The average Bonchev–Trinajstić information content (AvgIpc) is 2.33. The van der Waals surface area contributed by atoms with Crippen molar-refractivity contribution in [3.8, 4) is 0 Å². The molecule has 0 unspecified atom stereocenters. The minimum atomic E-state index is -0.164. The number of carbonyl (C=O) groups excluding carboxylic acids is 1. The summed E-state index contributed by atoms with van der Waals surface area (Å²) >= 11 is 0. The number of hydrogen-bond donors (Lipinski definition) is 2. The third kappa shape index (κ3) is 0.845. The van der Waals surface area contributed by atoms with Crippen LogP contribution in [0.2, 0.25) is 0 Å². The minimum absolute atomic E-state index is 0.154. The van der Waals surface area contributed by atoms with Gasteiger partial charge in [-0.15, -0.1) is 0 Å². The van der Waals surface area contributed by atoms with Gasteiger partial charge in [0.2, 0.25) is 0 Å². The maximum atomic E-state index is 11.2. The van der Waals surface area contributed by atoms with Crippen molar-refractivity contribution in [2.24, 2.45) is 0 Å². The Morgan fingerprint density at radius 2 is 2.17 bits per heavy atom. The molecule has 0 fully saturated rings. The van der Waals surface area contributed by atoms with Gasteiger partial charge in [0.1, 0.15) is 0 Å². The van der Waals surface area contributed by atoms with Crippen LogP contribution >= 0.6 is 0 Å². The molecule has 0 saturated carbocycles. The summed E-state index contributed by atoms with van der Waals surface area (Å²) in [5.41, 5.74) is 1.61. The number of fused-ring (bicyclic) bond motifs is 1. The summed E-state index contributed by atoms with van der Waals surface area (Å²) in [6.07, 6.45) is 0. The van der Waals surface area contributed by atoms with Crippen molar-refractivity contribution in [1.82, 2.24) is 10.3 Å². The molecule has 1 aromatic heterocycles. The molecule has 0 atom stereocenters. The molecule has 0 bridgehead atoms. The van der Waals surface area contributed by atoms with Gasteiger partial charge in [0.05, 0.1) is 5.56 Å². The van der Waals surface area contributed by atoms with Crippen LogP contribution in [-0.2, 0) is 6.54 Å². The van der Waals surface area contributed by atoms with E-state index in [2.05, 4.69) is 10.3 Å². The van der Waals surface area contributed by atoms with Crippen molar-refractivity contribution in [2.45, 2.75) is 13.5 Å². The number of carbonyl (C=O) groups is 1. The number of aromatic nitrogens is 1. The van der Waals surface area contributed by atoms with E-state index >= 15 is 0 Å². The second-order valence-corrected chi connectivity index (χ2v) is 2.86. The van der Waals surface area contributed by atoms with Crippen LogP contribution in [0.1, 0.15) is 21.6 Å². The fourth-order valence-corrected chi connectivity index (χ4v) is 1.36. The lowest BCUT2D eigenvalue weighted by molar-refractivity contribution is 0.0965. The first-order valence-corrected chi connectivity index (χ1v) is 3.69. The van der Waals surface area contributed by atoms with Crippen molar-refractivity contribution in [2.75, 3.05) is 0 Å². The summed E-state index contributed by atoms with van der Waals surface area (Å²) < 4.78 is 0. The number of hydrogen-bond acceptors (Lipinski definition) is 2. The van der Waals surface area contributed by atoms with Crippen LogP contribution in [0.5, 0.6) is 0 Å². The summed E-state index contributed by atoms with van der Waals surface area (Å²) in [6.45, 7) is 2.11. The van der Waals surface area contributed by atoms with Gasteiger partial charge in [0, 0.05) is 17.8 Å². The molecule has 0 spiro atoms. The Kier molecular flexibility index (Phi) is 1.30. The van der Waals surface area contributed by atoms with Crippen LogP contribution in [0.15, 0.2) is 10.9 Å². The number of pyridine rings is 1. The van der Waals surface area contributed by atoms with Gasteiger partial charge in [0.25, 0.3) is 11.5 Å². The van der Waals surface area contributed by atoms with Gasteiger partial charge < -0.3 is 10.3 Å². The highest BCUT2D eigenvalue weighted by Crippen LogP contribution is 2.10. The molecule has 0 radical (unpaired) electrons. The number of rotatable bonds is 0. The van der Waals surface area contributed by atoms with Crippen molar-refractivity contribution in [1.29, 1.82) is 0 Å². The number of H-pyrrole nitrogens is 1. The van der Waals surface area contributed by atoms with E-state index in [0.29, 0.717) is 17.7 Å². The van der Waals surface area contributed by atoms with Gasteiger partial charge >= 0.3 is 0 Å². The van der Waals surface area contributed by atoms with E-state index in [-0.39, 0.29) is 11.5 Å². The zero-order valence-electron chi connectivity index (χ0n) is 6.60. The molecule has 0 aromatic carbocycles. The second kappa shape index (κ2) is 2.20. The second-order valence-electron chi connectivity index (χ2n) is 2.86. The molecule has 62 valence electrons. The standard InChI is InChI=1S/C8H8N2O2/c1-4-2-5-6(8(12)10-4)3-9-7(5)11/h2H,3H2,1H3,(H,9,11)(H,10,12). The van der Waals surface area contributed by atoms with Gasteiger partial charge in [-0.05, 0) is 13.0 Å². The molecule has 12 heavy (non-hydrogen) atoms. The van der Waals surface area contributed by atoms with E-state index in [1.807, 2.05) is 0 Å². The fourth-order valence-electron chi connectivity index (χ4n) is 1.36. The maximum absolute atomic E-state index is 11.2. The highest BCUT2D eigenvalue weighted by molar-refractivity contribution is 5.98. The summed E-state index contributed by atoms with van der Waals surface area (Å²) in [5.74, 6) is -0.154. The molecule has 1 aliphatic rings. The van der Waals surface area contributed by atoms with Crippen LogP contribution in [0.3, 0.4) is 0 Å². The van der Waals surface area contributed by atoms with E-state index < -0.39 is 0 Å². The first-order chi connectivity index (χ1) is 5.68. The van der Waals surface area contributed by atoms with Gasteiger partial charge in [-0.3, -0.25) is 9.59 Å². The van der Waals surface area contributed by atoms with Crippen LogP contribution in [0, 0.1) is 6.92 Å². The Balaban J connectivity index is 2.76. The van der Waals surface area contributed by atoms with Crippen LogP contribution in [0.4, 0.5) is 0 Å². The highest BCUT2D eigenvalue weighted by atomic mass is 16.2. The number of nitrogens with one attached hydrogen (secondary N) is 2. The molecule has 2 N–H and O–H groups in total. The topological polar surface area (TPSA) is 62.0 Å². The molecule has 4 nitrogen and oxygen atoms in total.